The van der Waals surface area contributed by atoms with Crippen LogP contribution in [-0.4, -0.2) is 32.4 Å². The van der Waals surface area contributed by atoms with Crippen molar-refractivity contribution in [2.45, 2.75) is 24.9 Å². The van der Waals surface area contributed by atoms with Gasteiger partial charge in [0.05, 0.1) is 14.2 Å². The maximum atomic E-state index is 6.98. The van der Waals surface area contributed by atoms with E-state index in [1.165, 1.54) is 6.42 Å². The molecule has 1 aliphatic heterocycles. The number of hydrogen-bond donors (Lipinski definition) is 0. The maximum absolute atomic E-state index is 6.98. The predicted molar refractivity (Wildman–Crippen MR) is 119 cm³/mol. The van der Waals surface area contributed by atoms with Crippen molar-refractivity contribution in [2.24, 2.45) is 0 Å². The summed E-state index contributed by atoms with van der Waals surface area (Å²) in [6.07, 6.45) is 3.51. The molecule has 1 saturated heterocycles. The third kappa shape index (κ3) is 3.81. The molecule has 156 valence electrons. The van der Waals surface area contributed by atoms with Crippen LogP contribution in [0.3, 0.4) is 0 Å². The lowest BCUT2D eigenvalue weighted by Gasteiger charge is -2.41. The molecule has 0 spiro atoms. The first-order valence-electron chi connectivity index (χ1n) is 10.6. The molecule has 0 unspecified atom stereocenters. The molecule has 1 fully saturated rings. The molecule has 0 aromatic heterocycles. The number of piperidine rings is 1. The highest BCUT2D eigenvalue weighted by Gasteiger charge is 2.43. The highest BCUT2D eigenvalue weighted by molar-refractivity contribution is 5.57. The van der Waals surface area contributed by atoms with Crippen molar-refractivity contribution in [1.82, 2.24) is 5.06 Å². The van der Waals surface area contributed by atoms with Gasteiger partial charge >= 0.3 is 0 Å². The largest absolute Gasteiger partial charge is 0.493 e. The Bertz CT molecular complexity index is 898. The minimum atomic E-state index is -0.861. The summed E-state index contributed by atoms with van der Waals surface area (Å²) < 4.78 is 11.5. The summed E-state index contributed by atoms with van der Waals surface area (Å²) in [6, 6.07) is 26.8. The summed E-state index contributed by atoms with van der Waals surface area (Å²) in [5.41, 5.74) is 2.16. The molecule has 4 heteroatoms. The average molecular weight is 404 g/mol. The number of rotatable bonds is 7. The van der Waals surface area contributed by atoms with Crippen LogP contribution in [0.5, 0.6) is 11.5 Å². The van der Waals surface area contributed by atoms with Gasteiger partial charge in [0.1, 0.15) is 0 Å². The van der Waals surface area contributed by atoms with Crippen molar-refractivity contribution in [3.05, 3.63) is 95.6 Å². The zero-order chi connectivity index (χ0) is 20.8. The van der Waals surface area contributed by atoms with Crippen LogP contribution in [0.15, 0.2) is 78.9 Å². The SMILES string of the molecule is COc1cccc(C(ON2CCCCC2)(c2ccccc2)c2ccccc2)c1OC. The van der Waals surface area contributed by atoms with Gasteiger partial charge in [0.2, 0.25) is 0 Å². The van der Waals surface area contributed by atoms with E-state index in [-0.39, 0.29) is 0 Å². The first kappa shape index (κ1) is 20.5. The fourth-order valence-corrected chi connectivity index (χ4v) is 4.29. The number of hydrogen-bond acceptors (Lipinski definition) is 4. The summed E-state index contributed by atoms with van der Waals surface area (Å²) in [4.78, 5) is 6.98. The number of benzene rings is 3. The molecule has 4 nitrogen and oxygen atoms in total. The zero-order valence-corrected chi connectivity index (χ0v) is 17.7. The molecule has 0 aliphatic carbocycles. The fourth-order valence-electron chi connectivity index (χ4n) is 4.29. The molecule has 1 heterocycles. The molecular formula is C26H29NO3. The predicted octanol–water partition coefficient (Wildman–Crippen LogP) is 5.41. The lowest BCUT2D eigenvalue weighted by atomic mass is 9.79. The van der Waals surface area contributed by atoms with Gasteiger partial charge in [0, 0.05) is 18.7 Å². The molecule has 3 aromatic rings. The van der Waals surface area contributed by atoms with E-state index in [0.717, 1.165) is 42.6 Å². The van der Waals surface area contributed by atoms with Crippen LogP contribution in [0.2, 0.25) is 0 Å². The molecule has 0 atom stereocenters. The van der Waals surface area contributed by atoms with E-state index in [9.17, 15) is 0 Å². The Morgan fingerprint density at radius 2 is 1.27 bits per heavy atom. The van der Waals surface area contributed by atoms with Crippen LogP contribution < -0.4 is 9.47 Å². The minimum Gasteiger partial charge on any atom is -0.493 e. The van der Waals surface area contributed by atoms with E-state index in [4.69, 9.17) is 14.3 Å². The Morgan fingerprint density at radius 1 is 0.667 bits per heavy atom. The molecule has 1 aliphatic rings. The zero-order valence-electron chi connectivity index (χ0n) is 17.7. The van der Waals surface area contributed by atoms with Gasteiger partial charge in [-0.25, -0.2) is 0 Å². The number of hydroxylamine groups is 2. The van der Waals surface area contributed by atoms with Crippen molar-refractivity contribution in [1.29, 1.82) is 0 Å². The average Bonchev–Trinajstić information content (AvgIpc) is 2.83. The van der Waals surface area contributed by atoms with Gasteiger partial charge in [-0.15, -0.1) is 0 Å². The lowest BCUT2D eigenvalue weighted by Crippen LogP contribution is -2.42. The topological polar surface area (TPSA) is 30.9 Å². The Labute approximate surface area is 179 Å². The lowest BCUT2D eigenvalue weighted by molar-refractivity contribution is -0.229. The van der Waals surface area contributed by atoms with Crippen molar-refractivity contribution in [3.8, 4) is 11.5 Å². The highest BCUT2D eigenvalue weighted by atomic mass is 16.7. The summed E-state index contributed by atoms with van der Waals surface area (Å²) in [5.74, 6) is 1.37. The van der Waals surface area contributed by atoms with Crippen LogP contribution in [0.25, 0.3) is 0 Å². The molecule has 30 heavy (non-hydrogen) atoms. The van der Waals surface area contributed by atoms with Gasteiger partial charge in [-0.2, -0.15) is 5.06 Å². The Balaban J connectivity index is 2.00. The third-order valence-corrected chi connectivity index (χ3v) is 5.72. The van der Waals surface area contributed by atoms with Crippen molar-refractivity contribution in [2.75, 3.05) is 27.3 Å². The maximum Gasteiger partial charge on any atom is 0.169 e. The minimum absolute atomic E-state index is 0.685. The Kier molecular flexibility index (Phi) is 6.36. The summed E-state index contributed by atoms with van der Waals surface area (Å²) >= 11 is 0. The van der Waals surface area contributed by atoms with Crippen molar-refractivity contribution >= 4 is 0 Å². The van der Waals surface area contributed by atoms with Crippen molar-refractivity contribution < 1.29 is 14.3 Å². The number of para-hydroxylation sites is 1. The number of ether oxygens (including phenoxy) is 2. The van der Waals surface area contributed by atoms with Crippen LogP contribution >= 0.6 is 0 Å². The normalized spacial score (nSPS) is 15.0. The van der Waals surface area contributed by atoms with Gasteiger partial charge < -0.3 is 9.47 Å². The Hall–Kier alpha value is -2.82. The van der Waals surface area contributed by atoms with E-state index in [0.29, 0.717) is 11.5 Å². The van der Waals surface area contributed by atoms with Crippen molar-refractivity contribution in [3.63, 3.8) is 0 Å². The molecular weight excluding hydrogens is 374 g/mol. The van der Waals surface area contributed by atoms with E-state index < -0.39 is 5.60 Å². The summed E-state index contributed by atoms with van der Waals surface area (Å²) in [7, 11) is 3.35. The monoisotopic (exact) mass is 403 g/mol. The second kappa shape index (κ2) is 9.33. The molecule has 3 aromatic carbocycles. The number of nitrogens with zero attached hydrogens (tertiary/aromatic N) is 1. The van der Waals surface area contributed by atoms with E-state index in [2.05, 4.69) is 59.7 Å². The van der Waals surface area contributed by atoms with Gasteiger partial charge in [0.25, 0.3) is 0 Å². The standard InChI is InChI=1S/C26H29NO3/c1-28-24-18-12-17-23(25(24)29-2)26(21-13-6-3-7-14-21,22-15-8-4-9-16-22)30-27-19-10-5-11-20-27/h3-4,6-9,12-18H,5,10-11,19-20H2,1-2H3. The van der Waals surface area contributed by atoms with Crippen LogP contribution in [0.4, 0.5) is 0 Å². The fraction of sp³-hybridized carbons (Fsp3) is 0.308. The highest BCUT2D eigenvalue weighted by Crippen LogP contribution is 2.47. The second-order valence-corrected chi connectivity index (χ2v) is 7.54. The molecule has 0 radical (unpaired) electrons. The summed E-state index contributed by atoms with van der Waals surface area (Å²) in [6.45, 7) is 1.82. The molecule has 0 N–H and O–H groups in total. The number of methoxy groups -OCH3 is 2. The summed E-state index contributed by atoms with van der Waals surface area (Å²) in [5, 5.41) is 2.11. The third-order valence-electron chi connectivity index (χ3n) is 5.72. The van der Waals surface area contributed by atoms with Gasteiger partial charge in [-0.1, -0.05) is 79.2 Å². The van der Waals surface area contributed by atoms with Gasteiger partial charge in [0.15, 0.2) is 17.1 Å². The van der Waals surface area contributed by atoms with E-state index in [1.54, 1.807) is 14.2 Å². The second-order valence-electron chi connectivity index (χ2n) is 7.54. The van der Waals surface area contributed by atoms with Gasteiger partial charge in [-0.3, -0.25) is 4.84 Å². The quantitative estimate of drug-likeness (QED) is 0.493. The smallest absolute Gasteiger partial charge is 0.169 e. The molecule has 0 saturated carbocycles. The first-order chi connectivity index (χ1) is 14.8. The van der Waals surface area contributed by atoms with E-state index in [1.807, 2.05) is 24.3 Å². The molecule has 0 amide bonds. The molecule has 4 rings (SSSR count). The van der Waals surface area contributed by atoms with Crippen LogP contribution in [0, 0.1) is 0 Å². The van der Waals surface area contributed by atoms with E-state index >= 15 is 0 Å². The Morgan fingerprint density at radius 3 is 1.80 bits per heavy atom. The molecule has 0 bridgehead atoms. The van der Waals surface area contributed by atoms with Crippen LogP contribution in [0.1, 0.15) is 36.0 Å². The van der Waals surface area contributed by atoms with Crippen LogP contribution in [-0.2, 0) is 10.4 Å². The van der Waals surface area contributed by atoms with Gasteiger partial charge in [-0.05, 0) is 30.0 Å². The first-order valence-corrected chi connectivity index (χ1v) is 10.6.